The number of fused-ring (bicyclic) bond motifs is 1. The van der Waals surface area contributed by atoms with Crippen molar-refractivity contribution in [3.8, 4) is 0 Å². The Kier molecular flexibility index (Phi) is 3.26. The third-order valence-electron chi connectivity index (χ3n) is 2.88. The highest BCUT2D eigenvalue weighted by molar-refractivity contribution is 7.09. The fourth-order valence-corrected chi connectivity index (χ4v) is 2.51. The lowest BCUT2D eigenvalue weighted by Crippen LogP contribution is -2.00. The Hall–Kier alpha value is -2.54. The van der Waals surface area contributed by atoms with Crippen LogP contribution < -0.4 is 5.32 Å². The Morgan fingerprint density at radius 1 is 1.35 bits per heavy atom. The maximum atomic E-state index is 11.0. The summed E-state index contributed by atoms with van der Waals surface area (Å²) in [7, 11) is 0. The molecule has 0 spiro atoms. The van der Waals surface area contributed by atoms with Crippen LogP contribution in [0, 0.1) is 10.1 Å². The first-order valence-corrected chi connectivity index (χ1v) is 6.77. The van der Waals surface area contributed by atoms with Gasteiger partial charge in [0.2, 0.25) is 0 Å². The van der Waals surface area contributed by atoms with Crippen molar-refractivity contribution < 1.29 is 4.92 Å². The molecule has 2 aromatic heterocycles. The summed E-state index contributed by atoms with van der Waals surface area (Å²) in [6.45, 7) is 0.631. The standard InChI is InChI=1S/C13H10N4O2S/c18-17(19)12-4-3-11(10-2-1-5-15-13(10)12)16-7-9-6-14-8-20-9/h1-6,8,16H,7H2. The van der Waals surface area contributed by atoms with Gasteiger partial charge in [0.25, 0.3) is 5.69 Å². The maximum Gasteiger partial charge on any atom is 0.295 e. The van der Waals surface area contributed by atoms with Crippen LogP contribution in [0.15, 0.2) is 42.2 Å². The van der Waals surface area contributed by atoms with Crippen molar-refractivity contribution >= 4 is 33.6 Å². The lowest BCUT2D eigenvalue weighted by Gasteiger charge is -2.08. The third kappa shape index (κ3) is 2.30. The Morgan fingerprint density at radius 2 is 2.25 bits per heavy atom. The number of aromatic nitrogens is 2. The molecule has 6 nitrogen and oxygen atoms in total. The summed E-state index contributed by atoms with van der Waals surface area (Å²) in [6.07, 6.45) is 3.35. The molecule has 3 rings (SSSR count). The minimum Gasteiger partial charge on any atom is -0.380 e. The molecule has 20 heavy (non-hydrogen) atoms. The molecule has 0 amide bonds. The number of benzene rings is 1. The number of nitro benzene ring substituents is 1. The number of hydrogen-bond acceptors (Lipinski definition) is 6. The molecule has 2 heterocycles. The van der Waals surface area contributed by atoms with Crippen LogP contribution in [0.3, 0.4) is 0 Å². The zero-order valence-corrected chi connectivity index (χ0v) is 11.1. The predicted molar refractivity (Wildman–Crippen MR) is 77.8 cm³/mol. The van der Waals surface area contributed by atoms with Gasteiger partial charge in [0.05, 0.1) is 17.0 Å². The van der Waals surface area contributed by atoms with Crippen LogP contribution in [0.4, 0.5) is 11.4 Å². The Morgan fingerprint density at radius 3 is 3.00 bits per heavy atom. The van der Waals surface area contributed by atoms with E-state index in [9.17, 15) is 10.1 Å². The lowest BCUT2D eigenvalue weighted by atomic mass is 10.1. The molecule has 1 N–H and O–H groups in total. The number of non-ortho nitro benzene ring substituents is 1. The Balaban J connectivity index is 1.99. The molecule has 3 aromatic rings. The van der Waals surface area contributed by atoms with Gasteiger partial charge in [-0.1, -0.05) is 0 Å². The fraction of sp³-hybridized carbons (Fsp3) is 0.0769. The third-order valence-corrected chi connectivity index (χ3v) is 3.66. The van der Waals surface area contributed by atoms with Crippen molar-refractivity contribution in [1.29, 1.82) is 0 Å². The summed E-state index contributed by atoms with van der Waals surface area (Å²) in [6, 6.07) is 6.78. The lowest BCUT2D eigenvalue weighted by molar-refractivity contribution is -0.383. The van der Waals surface area contributed by atoms with Crippen LogP contribution in [-0.4, -0.2) is 14.9 Å². The maximum absolute atomic E-state index is 11.0. The van der Waals surface area contributed by atoms with Gasteiger partial charge in [-0.05, 0) is 18.2 Å². The van der Waals surface area contributed by atoms with Gasteiger partial charge in [-0.25, -0.2) is 4.98 Å². The second kappa shape index (κ2) is 5.22. The summed E-state index contributed by atoms with van der Waals surface area (Å²) < 4.78 is 0. The second-order valence-electron chi connectivity index (χ2n) is 4.11. The van der Waals surface area contributed by atoms with Gasteiger partial charge in [-0.2, -0.15) is 0 Å². The van der Waals surface area contributed by atoms with Gasteiger partial charge in [-0.15, -0.1) is 11.3 Å². The van der Waals surface area contributed by atoms with E-state index >= 15 is 0 Å². The Labute approximate surface area is 118 Å². The Bertz CT molecular complexity index is 758. The minimum atomic E-state index is -0.414. The topological polar surface area (TPSA) is 81.0 Å². The van der Waals surface area contributed by atoms with E-state index < -0.39 is 4.92 Å². The van der Waals surface area contributed by atoms with E-state index in [1.54, 1.807) is 41.4 Å². The largest absolute Gasteiger partial charge is 0.380 e. The molecule has 0 radical (unpaired) electrons. The first kappa shape index (κ1) is 12.5. The first-order chi connectivity index (χ1) is 9.75. The van der Waals surface area contributed by atoms with Gasteiger partial charge >= 0.3 is 0 Å². The summed E-state index contributed by atoms with van der Waals surface area (Å²) >= 11 is 1.56. The average Bonchev–Trinajstić information content (AvgIpc) is 2.97. The minimum absolute atomic E-state index is 0.0175. The molecule has 0 aliphatic rings. The van der Waals surface area contributed by atoms with E-state index in [4.69, 9.17) is 0 Å². The van der Waals surface area contributed by atoms with E-state index in [1.807, 2.05) is 6.07 Å². The number of hydrogen-bond donors (Lipinski definition) is 1. The fourth-order valence-electron chi connectivity index (χ4n) is 1.97. The smallest absolute Gasteiger partial charge is 0.295 e. The molecular weight excluding hydrogens is 276 g/mol. The summed E-state index contributed by atoms with van der Waals surface area (Å²) in [4.78, 5) is 19.8. The van der Waals surface area contributed by atoms with Crippen LogP contribution in [0.1, 0.15) is 4.88 Å². The molecule has 0 bridgehead atoms. The highest BCUT2D eigenvalue weighted by Gasteiger charge is 2.15. The average molecular weight is 286 g/mol. The molecule has 0 aliphatic carbocycles. The number of nitro groups is 1. The van der Waals surface area contributed by atoms with Gasteiger partial charge in [0.15, 0.2) is 0 Å². The molecule has 0 atom stereocenters. The number of rotatable bonds is 4. The van der Waals surface area contributed by atoms with Crippen molar-refractivity contribution in [1.82, 2.24) is 9.97 Å². The first-order valence-electron chi connectivity index (χ1n) is 5.89. The number of anilines is 1. The van der Waals surface area contributed by atoms with Crippen LogP contribution in [0.5, 0.6) is 0 Å². The molecule has 0 unspecified atom stereocenters. The SMILES string of the molecule is O=[N+]([O-])c1ccc(NCc2cncs2)c2cccnc12. The number of pyridine rings is 1. The van der Waals surface area contributed by atoms with E-state index in [0.29, 0.717) is 12.1 Å². The van der Waals surface area contributed by atoms with Crippen molar-refractivity contribution in [2.45, 2.75) is 6.54 Å². The van der Waals surface area contributed by atoms with Crippen LogP contribution in [0.2, 0.25) is 0 Å². The molecule has 0 saturated heterocycles. The molecule has 7 heteroatoms. The molecule has 1 aromatic carbocycles. The zero-order chi connectivity index (χ0) is 13.9. The van der Waals surface area contributed by atoms with E-state index in [2.05, 4.69) is 15.3 Å². The zero-order valence-electron chi connectivity index (χ0n) is 10.3. The van der Waals surface area contributed by atoms with Crippen molar-refractivity contribution in [2.75, 3.05) is 5.32 Å². The molecule has 0 fully saturated rings. The van der Waals surface area contributed by atoms with Gasteiger partial charge in [0, 0.05) is 34.4 Å². The molecule has 0 aliphatic heterocycles. The van der Waals surface area contributed by atoms with Crippen molar-refractivity contribution in [2.24, 2.45) is 0 Å². The monoisotopic (exact) mass is 286 g/mol. The van der Waals surface area contributed by atoms with Gasteiger partial charge < -0.3 is 5.32 Å². The molecular formula is C13H10N4O2S. The normalized spacial score (nSPS) is 10.6. The molecule has 0 saturated carbocycles. The highest BCUT2D eigenvalue weighted by Crippen LogP contribution is 2.29. The molecule has 100 valence electrons. The predicted octanol–water partition coefficient (Wildman–Crippen LogP) is 3.21. The quantitative estimate of drug-likeness (QED) is 0.588. The van der Waals surface area contributed by atoms with Crippen molar-refractivity contribution in [3.63, 3.8) is 0 Å². The van der Waals surface area contributed by atoms with Gasteiger partial charge in [-0.3, -0.25) is 15.1 Å². The van der Waals surface area contributed by atoms with E-state index in [-0.39, 0.29) is 5.69 Å². The van der Waals surface area contributed by atoms with E-state index in [0.717, 1.165) is 16.0 Å². The van der Waals surface area contributed by atoms with Crippen LogP contribution in [-0.2, 0) is 6.54 Å². The van der Waals surface area contributed by atoms with E-state index in [1.165, 1.54) is 6.07 Å². The summed E-state index contributed by atoms with van der Waals surface area (Å²) in [5.74, 6) is 0. The second-order valence-corrected chi connectivity index (χ2v) is 5.08. The number of thiazole rings is 1. The van der Waals surface area contributed by atoms with Crippen LogP contribution in [0.25, 0.3) is 10.9 Å². The van der Waals surface area contributed by atoms with Crippen molar-refractivity contribution in [3.05, 3.63) is 57.2 Å². The number of nitrogens with one attached hydrogen (secondary N) is 1. The number of nitrogens with zero attached hydrogens (tertiary/aromatic N) is 3. The summed E-state index contributed by atoms with van der Waals surface area (Å²) in [5.41, 5.74) is 3.01. The van der Waals surface area contributed by atoms with Crippen LogP contribution >= 0.6 is 11.3 Å². The highest BCUT2D eigenvalue weighted by atomic mass is 32.1. The summed E-state index contributed by atoms with van der Waals surface area (Å²) in [5, 5.41) is 15.0. The van der Waals surface area contributed by atoms with Gasteiger partial charge in [0.1, 0.15) is 5.52 Å².